The largest absolute Gasteiger partial charge is 0.348 e. The second-order valence-electron chi connectivity index (χ2n) is 6.71. The third kappa shape index (κ3) is 4.35. The lowest BCUT2D eigenvalue weighted by atomic mass is 10.1. The van der Waals surface area contributed by atoms with E-state index >= 15 is 0 Å². The van der Waals surface area contributed by atoms with Crippen LogP contribution < -0.4 is 10.0 Å². The Bertz CT molecular complexity index is 1250. The monoisotopic (exact) mass is 408 g/mol. The van der Waals surface area contributed by atoms with Gasteiger partial charge in [0.25, 0.3) is 0 Å². The quantitative estimate of drug-likeness (QED) is 0.507. The lowest BCUT2D eigenvalue weighted by molar-refractivity contribution is 0.607. The predicted molar refractivity (Wildman–Crippen MR) is 114 cm³/mol. The average Bonchev–Trinajstić information content (AvgIpc) is 3.11. The van der Waals surface area contributed by atoms with E-state index < -0.39 is 10.0 Å². The van der Waals surface area contributed by atoms with Gasteiger partial charge in [0.15, 0.2) is 0 Å². The molecule has 0 saturated heterocycles. The molecule has 29 heavy (non-hydrogen) atoms. The normalized spacial score (nSPS) is 12.6. The van der Waals surface area contributed by atoms with Crippen molar-refractivity contribution in [2.45, 2.75) is 13.0 Å². The SMILES string of the molecule is C[C@H](Nc1nccc(-n2cnc3cc(NS(C)(=O)=O)ccc32)n1)c1ccccc1. The summed E-state index contributed by atoms with van der Waals surface area (Å²) >= 11 is 0. The zero-order valence-electron chi connectivity index (χ0n) is 15.9. The molecular weight excluding hydrogens is 388 g/mol. The molecule has 0 fully saturated rings. The first kappa shape index (κ1) is 18.9. The van der Waals surface area contributed by atoms with Crippen molar-refractivity contribution in [2.75, 3.05) is 16.3 Å². The Kier molecular flexibility index (Phi) is 4.89. The second-order valence-corrected chi connectivity index (χ2v) is 8.46. The predicted octanol–water partition coefficient (Wildman–Crippen LogP) is 3.36. The van der Waals surface area contributed by atoms with Crippen LogP contribution in [-0.4, -0.2) is 34.2 Å². The zero-order chi connectivity index (χ0) is 20.4. The molecule has 9 heteroatoms. The smallest absolute Gasteiger partial charge is 0.229 e. The fraction of sp³-hybridized carbons (Fsp3) is 0.150. The molecule has 0 amide bonds. The van der Waals surface area contributed by atoms with Crippen molar-refractivity contribution in [3.05, 3.63) is 72.7 Å². The molecule has 2 N–H and O–H groups in total. The molecule has 0 aliphatic rings. The van der Waals surface area contributed by atoms with E-state index in [2.05, 4.69) is 25.0 Å². The van der Waals surface area contributed by atoms with Crippen molar-refractivity contribution in [3.63, 3.8) is 0 Å². The maximum absolute atomic E-state index is 11.4. The lowest BCUT2D eigenvalue weighted by Gasteiger charge is -2.14. The highest BCUT2D eigenvalue weighted by molar-refractivity contribution is 7.92. The first-order valence-electron chi connectivity index (χ1n) is 8.99. The van der Waals surface area contributed by atoms with Gasteiger partial charge in [-0.2, -0.15) is 4.98 Å². The molecule has 0 radical (unpaired) electrons. The van der Waals surface area contributed by atoms with E-state index in [1.54, 1.807) is 36.8 Å². The summed E-state index contributed by atoms with van der Waals surface area (Å²) in [4.78, 5) is 13.3. The molecule has 4 aromatic rings. The summed E-state index contributed by atoms with van der Waals surface area (Å²) in [6, 6.07) is 17.1. The van der Waals surface area contributed by atoms with Crippen molar-refractivity contribution in [1.29, 1.82) is 0 Å². The fourth-order valence-electron chi connectivity index (χ4n) is 3.04. The summed E-state index contributed by atoms with van der Waals surface area (Å²) in [5.74, 6) is 1.17. The Morgan fingerprint density at radius 2 is 1.83 bits per heavy atom. The molecule has 0 bridgehead atoms. The highest BCUT2D eigenvalue weighted by atomic mass is 32.2. The van der Waals surface area contributed by atoms with Crippen molar-refractivity contribution in [2.24, 2.45) is 0 Å². The van der Waals surface area contributed by atoms with Crippen LogP contribution in [0.15, 0.2) is 67.1 Å². The van der Waals surface area contributed by atoms with Gasteiger partial charge in [-0.15, -0.1) is 0 Å². The summed E-state index contributed by atoms with van der Waals surface area (Å²) < 4.78 is 27.2. The van der Waals surface area contributed by atoms with E-state index in [4.69, 9.17) is 0 Å². The zero-order valence-corrected chi connectivity index (χ0v) is 16.8. The highest BCUT2D eigenvalue weighted by Crippen LogP contribution is 2.22. The van der Waals surface area contributed by atoms with E-state index in [9.17, 15) is 8.42 Å². The second kappa shape index (κ2) is 7.51. The summed E-state index contributed by atoms with van der Waals surface area (Å²) in [7, 11) is -3.34. The highest BCUT2D eigenvalue weighted by Gasteiger charge is 2.11. The summed E-state index contributed by atoms with van der Waals surface area (Å²) in [5, 5.41) is 3.31. The van der Waals surface area contributed by atoms with Gasteiger partial charge >= 0.3 is 0 Å². The molecule has 2 heterocycles. The van der Waals surface area contributed by atoms with E-state index in [1.807, 2.05) is 41.8 Å². The number of anilines is 2. The van der Waals surface area contributed by atoms with Crippen LogP contribution in [0.1, 0.15) is 18.5 Å². The van der Waals surface area contributed by atoms with Gasteiger partial charge in [-0.1, -0.05) is 30.3 Å². The van der Waals surface area contributed by atoms with Gasteiger partial charge in [0.05, 0.1) is 29.0 Å². The number of rotatable bonds is 6. The molecule has 0 saturated carbocycles. The fourth-order valence-corrected chi connectivity index (χ4v) is 3.60. The van der Waals surface area contributed by atoms with Crippen molar-refractivity contribution >= 4 is 32.7 Å². The Hall–Kier alpha value is -3.46. The Labute approximate surface area is 168 Å². The molecule has 1 atom stereocenters. The van der Waals surface area contributed by atoms with Crippen LogP contribution in [0.5, 0.6) is 0 Å². The van der Waals surface area contributed by atoms with Crippen LogP contribution in [0.2, 0.25) is 0 Å². The van der Waals surface area contributed by atoms with Crippen molar-refractivity contribution in [3.8, 4) is 5.82 Å². The molecule has 2 aromatic carbocycles. The van der Waals surface area contributed by atoms with Gasteiger partial charge < -0.3 is 5.32 Å². The molecule has 2 aromatic heterocycles. The van der Waals surface area contributed by atoms with Crippen LogP contribution in [0.3, 0.4) is 0 Å². The first-order valence-corrected chi connectivity index (χ1v) is 10.9. The van der Waals surface area contributed by atoms with Gasteiger partial charge in [-0.25, -0.2) is 18.4 Å². The van der Waals surface area contributed by atoms with Crippen LogP contribution in [-0.2, 0) is 10.0 Å². The number of nitrogens with one attached hydrogen (secondary N) is 2. The summed E-state index contributed by atoms with van der Waals surface area (Å²) in [6.07, 6.45) is 4.46. The van der Waals surface area contributed by atoms with Gasteiger partial charge in [0.1, 0.15) is 12.1 Å². The molecule has 4 rings (SSSR count). The van der Waals surface area contributed by atoms with Gasteiger partial charge in [-0.3, -0.25) is 9.29 Å². The molecule has 0 aliphatic carbocycles. The van der Waals surface area contributed by atoms with Crippen molar-refractivity contribution < 1.29 is 8.42 Å². The van der Waals surface area contributed by atoms with Gasteiger partial charge in [0, 0.05) is 6.20 Å². The van der Waals surface area contributed by atoms with E-state index in [0.717, 1.165) is 17.3 Å². The van der Waals surface area contributed by atoms with Gasteiger partial charge in [0.2, 0.25) is 16.0 Å². The van der Waals surface area contributed by atoms with Crippen LogP contribution in [0, 0.1) is 0 Å². The topological polar surface area (TPSA) is 102 Å². The van der Waals surface area contributed by atoms with Gasteiger partial charge in [-0.05, 0) is 36.8 Å². The van der Waals surface area contributed by atoms with Crippen molar-refractivity contribution in [1.82, 2.24) is 19.5 Å². The third-order valence-corrected chi connectivity index (χ3v) is 4.99. The Morgan fingerprint density at radius 1 is 1.03 bits per heavy atom. The average molecular weight is 408 g/mol. The number of sulfonamides is 1. The minimum absolute atomic E-state index is 0.0515. The number of hydrogen-bond donors (Lipinski definition) is 2. The number of nitrogens with zero attached hydrogens (tertiary/aromatic N) is 4. The summed E-state index contributed by atoms with van der Waals surface area (Å²) in [5.41, 5.74) is 3.07. The number of hydrogen-bond acceptors (Lipinski definition) is 6. The maximum atomic E-state index is 11.4. The lowest BCUT2D eigenvalue weighted by Crippen LogP contribution is -2.10. The molecule has 0 spiro atoms. The minimum Gasteiger partial charge on any atom is -0.348 e. The maximum Gasteiger partial charge on any atom is 0.229 e. The number of aromatic nitrogens is 4. The number of benzene rings is 2. The molecule has 0 aliphatic heterocycles. The van der Waals surface area contributed by atoms with Crippen LogP contribution in [0.4, 0.5) is 11.6 Å². The van der Waals surface area contributed by atoms with Crippen LogP contribution >= 0.6 is 0 Å². The Morgan fingerprint density at radius 3 is 2.59 bits per heavy atom. The third-order valence-electron chi connectivity index (χ3n) is 4.38. The van der Waals surface area contributed by atoms with E-state index in [-0.39, 0.29) is 6.04 Å². The first-order chi connectivity index (χ1) is 13.9. The molecule has 8 nitrogen and oxygen atoms in total. The summed E-state index contributed by atoms with van der Waals surface area (Å²) in [6.45, 7) is 2.05. The molecule has 0 unspecified atom stereocenters. The number of fused-ring (bicyclic) bond motifs is 1. The minimum atomic E-state index is -3.34. The molecule has 148 valence electrons. The standard InChI is InChI=1S/C20H20N6O2S/c1-14(15-6-4-3-5-7-15)23-20-21-11-10-19(24-20)26-13-22-17-12-16(8-9-18(17)26)25-29(2,27)28/h3-14,25H,1-2H3,(H,21,23,24)/t14-/m0/s1. The number of imidazole rings is 1. The molecular formula is C20H20N6O2S. The Balaban J connectivity index is 1.62. The van der Waals surface area contributed by atoms with E-state index in [1.165, 1.54) is 0 Å². The van der Waals surface area contributed by atoms with Crippen LogP contribution in [0.25, 0.3) is 16.9 Å². The van der Waals surface area contributed by atoms with E-state index in [0.29, 0.717) is 23.0 Å².